The summed E-state index contributed by atoms with van der Waals surface area (Å²) in [7, 11) is -3.82. The fourth-order valence-electron chi connectivity index (χ4n) is 2.40. The molecular formula is C14H13ClFNO2S2. The second-order valence-corrected chi connectivity index (χ2v) is 8.03. The Morgan fingerprint density at radius 1 is 1.33 bits per heavy atom. The van der Waals surface area contributed by atoms with Gasteiger partial charge in [0.05, 0.1) is 0 Å². The van der Waals surface area contributed by atoms with E-state index in [1.54, 1.807) is 17.4 Å². The summed E-state index contributed by atoms with van der Waals surface area (Å²) in [5, 5.41) is 1.95. The van der Waals surface area contributed by atoms with E-state index in [2.05, 4.69) is 0 Å². The van der Waals surface area contributed by atoms with Gasteiger partial charge >= 0.3 is 0 Å². The highest BCUT2D eigenvalue weighted by atomic mass is 35.5. The molecular weight excluding hydrogens is 333 g/mol. The monoisotopic (exact) mass is 345 g/mol. The van der Waals surface area contributed by atoms with Crippen LogP contribution in [-0.2, 0) is 28.9 Å². The van der Waals surface area contributed by atoms with Crippen molar-refractivity contribution in [3.63, 3.8) is 0 Å². The van der Waals surface area contributed by atoms with Gasteiger partial charge < -0.3 is 0 Å². The van der Waals surface area contributed by atoms with Gasteiger partial charge in [-0.1, -0.05) is 6.07 Å². The SMILES string of the molecule is O=S(=O)(c1ccc(CCl)cc1F)N1CCc2sccc2C1. The lowest BCUT2D eigenvalue weighted by Crippen LogP contribution is -2.35. The Bertz CT molecular complexity index is 773. The van der Waals surface area contributed by atoms with Gasteiger partial charge in [-0.15, -0.1) is 22.9 Å². The fourth-order valence-corrected chi connectivity index (χ4v) is 4.92. The van der Waals surface area contributed by atoms with Crippen molar-refractivity contribution < 1.29 is 12.8 Å². The molecule has 0 unspecified atom stereocenters. The normalized spacial score (nSPS) is 15.9. The molecule has 0 fully saturated rings. The Morgan fingerprint density at radius 3 is 2.86 bits per heavy atom. The van der Waals surface area contributed by atoms with E-state index in [0.29, 0.717) is 25.1 Å². The summed E-state index contributed by atoms with van der Waals surface area (Å²) in [4.78, 5) is 0.925. The third-order valence-electron chi connectivity index (χ3n) is 3.54. The molecule has 3 rings (SSSR count). The van der Waals surface area contributed by atoms with E-state index in [9.17, 15) is 12.8 Å². The van der Waals surface area contributed by atoms with Crippen molar-refractivity contribution in [3.8, 4) is 0 Å². The minimum atomic E-state index is -3.82. The van der Waals surface area contributed by atoms with Crippen LogP contribution in [-0.4, -0.2) is 19.3 Å². The van der Waals surface area contributed by atoms with Crippen LogP contribution in [0.25, 0.3) is 0 Å². The number of benzene rings is 1. The first kappa shape index (κ1) is 15.0. The molecule has 0 atom stereocenters. The van der Waals surface area contributed by atoms with Crippen LogP contribution >= 0.6 is 22.9 Å². The average molecular weight is 346 g/mol. The summed E-state index contributed by atoms with van der Waals surface area (Å²) in [6.45, 7) is 0.685. The van der Waals surface area contributed by atoms with E-state index in [1.165, 1.54) is 21.3 Å². The molecule has 1 aliphatic heterocycles. The van der Waals surface area contributed by atoms with Crippen molar-refractivity contribution in [3.05, 3.63) is 51.5 Å². The first-order valence-electron chi connectivity index (χ1n) is 6.42. The predicted molar refractivity (Wildman–Crippen MR) is 81.6 cm³/mol. The lowest BCUT2D eigenvalue weighted by Gasteiger charge is -2.26. The number of halogens is 2. The van der Waals surface area contributed by atoms with Crippen LogP contribution in [0.4, 0.5) is 4.39 Å². The van der Waals surface area contributed by atoms with Gasteiger partial charge in [0.1, 0.15) is 10.7 Å². The molecule has 0 saturated carbocycles. The zero-order chi connectivity index (χ0) is 15.0. The van der Waals surface area contributed by atoms with Crippen molar-refractivity contribution in [2.24, 2.45) is 0 Å². The van der Waals surface area contributed by atoms with E-state index in [-0.39, 0.29) is 10.8 Å². The molecule has 0 aliphatic carbocycles. The van der Waals surface area contributed by atoms with Crippen LogP contribution in [0.5, 0.6) is 0 Å². The Morgan fingerprint density at radius 2 is 2.14 bits per heavy atom. The standard InChI is InChI=1S/C14H13ClFNO2S2/c15-8-10-1-2-14(12(16)7-10)21(18,19)17-5-3-13-11(9-17)4-6-20-13/h1-2,4,6-7H,3,5,8-9H2. The van der Waals surface area contributed by atoms with Crippen molar-refractivity contribution in [2.75, 3.05) is 6.54 Å². The zero-order valence-corrected chi connectivity index (χ0v) is 13.4. The largest absolute Gasteiger partial charge is 0.246 e. The second kappa shape index (κ2) is 5.68. The third-order valence-corrected chi connectivity index (χ3v) is 6.75. The number of nitrogens with zero attached hydrogens (tertiary/aromatic N) is 1. The second-order valence-electron chi connectivity index (χ2n) is 4.86. The van der Waals surface area contributed by atoms with E-state index >= 15 is 0 Å². The van der Waals surface area contributed by atoms with Gasteiger partial charge in [0, 0.05) is 23.8 Å². The molecule has 7 heteroatoms. The van der Waals surface area contributed by atoms with Crippen LogP contribution in [0.3, 0.4) is 0 Å². The Hall–Kier alpha value is -0.950. The summed E-state index contributed by atoms with van der Waals surface area (Å²) < 4.78 is 40.6. The Labute approximate surface area is 132 Å². The molecule has 0 N–H and O–H groups in total. The first-order chi connectivity index (χ1) is 10.0. The van der Waals surface area contributed by atoms with Crippen LogP contribution in [0, 0.1) is 5.82 Å². The third kappa shape index (κ3) is 2.73. The number of hydrogen-bond acceptors (Lipinski definition) is 3. The number of hydrogen-bond donors (Lipinski definition) is 0. The summed E-state index contributed by atoms with van der Waals surface area (Å²) in [5.41, 5.74) is 1.57. The lowest BCUT2D eigenvalue weighted by atomic mass is 10.1. The van der Waals surface area contributed by atoms with Crippen LogP contribution in [0.15, 0.2) is 34.5 Å². The zero-order valence-electron chi connectivity index (χ0n) is 11.1. The average Bonchev–Trinajstić information content (AvgIpc) is 2.94. The van der Waals surface area contributed by atoms with Gasteiger partial charge in [0.15, 0.2) is 0 Å². The minimum Gasteiger partial charge on any atom is -0.207 e. The molecule has 21 heavy (non-hydrogen) atoms. The molecule has 2 heterocycles. The topological polar surface area (TPSA) is 37.4 Å². The Balaban J connectivity index is 1.95. The highest BCUT2D eigenvalue weighted by molar-refractivity contribution is 7.89. The molecule has 0 saturated heterocycles. The molecule has 3 nitrogen and oxygen atoms in total. The molecule has 1 aromatic heterocycles. The molecule has 1 aliphatic rings. The van der Waals surface area contributed by atoms with E-state index in [4.69, 9.17) is 11.6 Å². The minimum absolute atomic E-state index is 0.152. The molecule has 112 valence electrons. The molecule has 0 bridgehead atoms. The van der Waals surface area contributed by atoms with E-state index in [0.717, 1.165) is 5.56 Å². The lowest BCUT2D eigenvalue weighted by molar-refractivity contribution is 0.391. The fraction of sp³-hybridized carbons (Fsp3) is 0.286. The van der Waals surface area contributed by atoms with Crippen molar-refractivity contribution in [2.45, 2.75) is 23.7 Å². The van der Waals surface area contributed by atoms with Gasteiger partial charge in [-0.3, -0.25) is 0 Å². The maximum atomic E-state index is 14.1. The highest BCUT2D eigenvalue weighted by Gasteiger charge is 2.30. The smallest absolute Gasteiger partial charge is 0.207 e. The van der Waals surface area contributed by atoms with Crippen LogP contribution in [0.2, 0.25) is 0 Å². The molecule has 0 spiro atoms. The summed E-state index contributed by atoms with van der Waals surface area (Å²) in [5.74, 6) is -0.594. The molecule has 0 radical (unpaired) electrons. The van der Waals surface area contributed by atoms with Gasteiger partial charge in [0.2, 0.25) is 10.0 Å². The van der Waals surface area contributed by atoms with Crippen LogP contribution < -0.4 is 0 Å². The molecule has 2 aromatic rings. The molecule has 0 amide bonds. The summed E-state index contributed by atoms with van der Waals surface area (Å²) in [6, 6.07) is 5.95. The van der Waals surface area contributed by atoms with Gasteiger partial charge in [-0.2, -0.15) is 4.31 Å². The van der Waals surface area contributed by atoms with Crippen molar-refractivity contribution in [1.29, 1.82) is 0 Å². The quantitative estimate of drug-likeness (QED) is 0.800. The molecule has 1 aromatic carbocycles. The van der Waals surface area contributed by atoms with Gasteiger partial charge in [0.25, 0.3) is 0 Å². The van der Waals surface area contributed by atoms with E-state index in [1.807, 2.05) is 11.4 Å². The first-order valence-corrected chi connectivity index (χ1v) is 9.27. The van der Waals surface area contributed by atoms with Gasteiger partial charge in [-0.25, -0.2) is 12.8 Å². The van der Waals surface area contributed by atoms with Crippen molar-refractivity contribution in [1.82, 2.24) is 4.31 Å². The van der Waals surface area contributed by atoms with Crippen molar-refractivity contribution >= 4 is 33.0 Å². The number of sulfonamides is 1. The Kier molecular flexibility index (Phi) is 4.05. The number of thiophene rings is 1. The highest BCUT2D eigenvalue weighted by Crippen LogP contribution is 2.29. The van der Waals surface area contributed by atoms with Crippen LogP contribution in [0.1, 0.15) is 16.0 Å². The summed E-state index contributed by atoms with van der Waals surface area (Å²) >= 11 is 7.26. The van der Waals surface area contributed by atoms with Gasteiger partial charge in [-0.05, 0) is 41.1 Å². The maximum absolute atomic E-state index is 14.1. The maximum Gasteiger partial charge on any atom is 0.246 e. The predicted octanol–water partition coefficient (Wildman–Crippen LogP) is 3.37. The number of fused-ring (bicyclic) bond motifs is 1. The summed E-state index contributed by atoms with van der Waals surface area (Å²) in [6.07, 6.45) is 0.674. The number of alkyl halides is 1. The van der Waals surface area contributed by atoms with E-state index < -0.39 is 15.8 Å². The number of rotatable bonds is 3.